The molecule has 0 aromatic carbocycles. The van der Waals surface area contributed by atoms with E-state index in [1.54, 1.807) is 0 Å². The summed E-state index contributed by atoms with van der Waals surface area (Å²) in [6, 6.07) is 0. The van der Waals surface area contributed by atoms with Gasteiger partial charge in [-0.25, -0.2) is 0 Å². The molecule has 0 atom stereocenters. The van der Waals surface area contributed by atoms with E-state index in [9.17, 15) is 0 Å². The molecule has 0 aromatic rings. The van der Waals surface area contributed by atoms with Gasteiger partial charge in [0.05, 0.1) is 0 Å². The van der Waals surface area contributed by atoms with Gasteiger partial charge in [-0.3, -0.25) is 0 Å². The van der Waals surface area contributed by atoms with E-state index in [0.717, 1.165) is 12.8 Å². The third kappa shape index (κ3) is 35.4. The van der Waals surface area contributed by atoms with Crippen LogP contribution >= 0.6 is 0 Å². The zero-order valence-corrected chi connectivity index (χ0v) is 21.3. The van der Waals surface area contributed by atoms with Crippen molar-refractivity contribution in [2.24, 2.45) is 0 Å². The van der Waals surface area contributed by atoms with Crippen molar-refractivity contribution >= 4 is 0 Å². The topological polar surface area (TPSA) is 40.5 Å². The molecule has 0 rings (SSSR count). The minimum absolute atomic E-state index is 0.372. The third-order valence-electron chi connectivity index (χ3n) is 6.02. The molecule has 0 heterocycles. The third-order valence-corrected chi connectivity index (χ3v) is 6.02. The van der Waals surface area contributed by atoms with E-state index in [2.05, 4.69) is 13.8 Å². The van der Waals surface area contributed by atoms with Gasteiger partial charge < -0.3 is 10.2 Å². The fourth-order valence-corrected chi connectivity index (χ4v) is 3.91. The van der Waals surface area contributed by atoms with Crippen LogP contribution in [0.2, 0.25) is 0 Å². The lowest BCUT2D eigenvalue weighted by atomic mass is 10.0. The molecule has 0 bridgehead atoms. The average molecular weight is 429 g/mol. The molecule has 30 heavy (non-hydrogen) atoms. The molecular weight excluding hydrogens is 368 g/mol. The highest BCUT2D eigenvalue weighted by atomic mass is 16.3. The van der Waals surface area contributed by atoms with Crippen LogP contribution in [0, 0.1) is 0 Å². The first-order valence-electron chi connectivity index (χ1n) is 14.0. The van der Waals surface area contributed by atoms with Crippen LogP contribution < -0.4 is 0 Å². The highest BCUT2D eigenvalue weighted by molar-refractivity contribution is 4.49. The first-order valence-corrected chi connectivity index (χ1v) is 14.0. The van der Waals surface area contributed by atoms with E-state index in [1.807, 2.05) is 0 Å². The fourth-order valence-electron chi connectivity index (χ4n) is 3.91. The Hall–Kier alpha value is -0.0800. The maximum absolute atomic E-state index is 8.64. The second-order valence-corrected chi connectivity index (χ2v) is 9.23. The Kier molecular flexibility index (Phi) is 35.9. The van der Waals surface area contributed by atoms with Crippen molar-refractivity contribution in [2.45, 2.75) is 168 Å². The summed E-state index contributed by atoms with van der Waals surface area (Å²) in [5.74, 6) is 0. The molecule has 0 amide bonds. The summed E-state index contributed by atoms with van der Waals surface area (Å²) >= 11 is 0. The normalized spacial score (nSPS) is 10.8. The van der Waals surface area contributed by atoms with E-state index < -0.39 is 0 Å². The van der Waals surface area contributed by atoms with Crippen LogP contribution in [0.15, 0.2) is 0 Å². The zero-order chi connectivity index (χ0) is 22.4. The molecule has 0 aliphatic carbocycles. The lowest BCUT2D eigenvalue weighted by Crippen LogP contribution is -1.84. The molecule has 184 valence electrons. The van der Waals surface area contributed by atoms with Gasteiger partial charge in [0.15, 0.2) is 0 Å². The van der Waals surface area contributed by atoms with Gasteiger partial charge in [-0.2, -0.15) is 0 Å². The Morgan fingerprint density at radius 2 is 0.433 bits per heavy atom. The Bertz CT molecular complexity index is 231. The van der Waals surface area contributed by atoms with Gasteiger partial charge in [-0.1, -0.05) is 155 Å². The molecule has 2 nitrogen and oxygen atoms in total. The van der Waals surface area contributed by atoms with Gasteiger partial charge in [0.25, 0.3) is 0 Å². The molecule has 0 aromatic heterocycles. The Labute approximate surface area is 191 Å². The Morgan fingerprint density at radius 3 is 0.600 bits per heavy atom. The molecule has 0 saturated carbocycles. The van der Waals surface area contributed by atoms with E-state index in [4.69, 9.17) is 10.2 Å². The lowest BCUT2D eigenvalue weighted by Gasteiger charge is -2.02. The second kappa shape index (κ2) is 33.6. The molecule has 2 heteroatoms. The molecule has 0 saturated heterocycles. The van der Waals surface area contributed by atoms with Crippen molar-refractivity contribution < 1.29 is 10.2 Å². The van der Waals surface area contributed by atoms with Crippen molar-refractivity contribution in [3.05, 3.63) is 0 Å². The first-order chi connectivity index (χ1) is 14.8. The predicted molar refractivity (Wildman–Crippen MR) is 136 cm³/mol. The molecule has 2 N–H and O–H groups in total. The first kappa shape index (κ1) is 32.1. The van der Waals surface area contributed by atoms with E-state index in [0.29, 0.717) is 13.2 Å². The summed E-state index contributed by atoms with van der Waals surface area (Å²) in [5.41, 5.74) is 0. The van der Waals surface area contributed by atoms with Crippen LogP contribution in [0.5, 0.6) is 0 Å². The average Bonchev–Trinajstić information content (AvgIpc) is 2.76. The molecule has 0 radical (unpaired) electrons. The molecular formula is C28H60O2. The summed E-state index contributed by atoms with van der Waals surface area (Å²) in [4.78, 5) is 0. The number of aliphatic hydroxyl groups excluding tert-OH is 2. The summed E-state index contributed by atoms with van der Waals surface area (Å²) in [6.07, 6.45) is 32.5. The van der Waals surface area contributed by atoms with Gasteiger partial charge >= 0.3 is 0 Å². The van der Waals surface area contributed by atoms with Gasteiger partial charge in [-0.05, 0) is 12.8 Å². The van der Waals surface area contributed by atoms with Crippen molar-refractivity contribution in [1.29, 1.82) is 0 Å². The van der Waals surface area contributed by atoms with Crippen LogP contribution in [-0.4, -0.2) is 23.4 Å². The summed E-state index contributed by atoms with van der Waals surface area (Å²) in [5, 5.41) is 17.2. The number of aliphatic hydroxyl groups is 2. The highest BCUT2D eigenvalue weighted by Crippen LogP contribution is 2.13. The second-order valence-electron chi connectivity index (χ2n) is 9.23. The summed E-state index contributed by atoms with van der Waals surface area (Å²) in [6.45, 7) is 5.28. The fraction of sp³-hybridized carbons (Fsp3) is 1.00. The molecule has 0 spiro atoms. The monoisotopic (exact) mass is 428 g/mol. The van der Waals surface area contributed by atoms with Crippen LogP contribution in [0.25, 0.3) is 0 Å². The smallest absolute Gasteiger partial charge is 0.0431 e. The predicted octanol–water partition coefficient (Wildman–Crippen LogP) is 9.36. The highest BCUT2D eigenvalue weighted by Gasteiger charge is 1.93. The Morgan fingerprint density at radius 1 is 0.267 bits per heavy atom. The maximum atomic E-state index is 8.64. The van der Waals surface area contributed by atoms with Gasteiger partial charge in [0.1, 0.15) is 0 Å². The summed E-state index contributed by atoms with van der Waals surface area (Å²) < 4.78 is 0. The van der Waals surface area contributed by atoms with Crippen molar-refractivity contribution in [3.8, 4) is 0 Å². The van der Waals surface area contributed by atoms with Crippen LogP contribution in [0.3, 0.4) is 0 Å². The number of hydrogen-bond donors (Lipinski definition) is 2. The van der Waals surface area contributed by atoms with Crippen LogP contribution in [-0.2, 0) is 0 Å². The lowest BCUT2D eigenvalue weighted by molar-refractivity contribution is 0.282. The Balaban J connectivity index is 0. The number of unbranched alkanes of at least 4 members (excludes halogenated alkanes) is 22. The van der Waals surface area contributed by atoms with Crippen molar-refractivity contribution in [1.82, 2.24) is 0 Å². The SMILES string of the molecule is CCCCCCCCCCCCCCCCO.CCCCCCCCCCCCO. The largest absolute Gasteiger partial charge is 0.396 e. The van der Waals surface area contributed by atoms with E-state index in [-0.39, 0.29) is 0 Å². The molecule has 0 aliphatic rings. The minimum Gasteiger partial charge on any atom is -0.396 e. The molecule has 0 fully saturated rings. The standard InChI is InChI=1S/C16H34O.C12H26O/c1-2-3-4-5-6-7-8-9-10-11-12-13-14-15-16-17;1-2-3-4-5-6-7-8-9-10-11-12-13/h17H,2-16H2,1H3;13H,2-12H2,1H3. The van der Waals surface area contributed by atoms with Gasteiger partial charge in [0, 0.05) is 13.2 Å². The van der Waals surface area contributed by atoms with E-state index in [1.165, 1.54) is 141 Å². The number of rotatable bonds is 24. The van der Waals surface area contributed by atoms with E-state index >= 15 is 0 Å². The van der Waals surface area contributed by atoms with Crippen LogP contribution in [0.4, 0.5) is 0 Å². The maximum Gasteiger partial charge on any atom is 0.0431 e. The van der Waals surface area contributed by atoms with Gasteiger partial charge in [0.2, 0.25) is 0 Å². The molecule has 0 aliphatic heterocycles. The quantitative estimate of drug-likeness (QED) is 0.150. The summed E-state index contributed by atoms with van der Waals surface area (Å²) in [7, 11) is 0. The van der Waals surface area contributed by atoms with Crippen LogP contribution in [0.1, 0.15) is 168 Å². The van der Waals surface area contributed by atoms with Crippen molar-refractivity contribution in [3.63, 3.8) is 0 Å². The zero-order valence-electron chi connectivity index (χ0n) is 21.3. The van der Waals surface area contributed by atoms with Crippen molar-refractivity contribution in [2.75, 3.05) is 13.2 Å². The van der Waals surface area contributed by atoms with Gasteiger partial charge in [-0.15, -0.1) is 0 Å². The minimum atomic E-state index is 0.372. The number of hydrogen-bond acceptors (Lipinski definition) is 2. The molecule has 0 unspecified atom stereocenters.